The van der Waals surface area contributed by atoms with Gasteiger partial charge < -0.3 is 15.5 Å². The molecule has 1 fully saturated rings. The quantitative estimate of drug-likeness (QED) is 0.685. The lowest BCUT2D eigenvalue weighted by Crippen LogP contribution is -2.40. The van der Waals surface area contributed by atoms with Crippen molar-refractivity contribution in [2.45, 2.75) is 18.9 Å². The van der Waals surface area contributed by atoms with Gasteiger partial charge in [-0.2, -0.15) is 0 Å². The SMILES string of the molecule is O=C(Nc1ccc2c(c1)C(=O)N1CCC[C@@H]1C(=O)N2)c1ccn2nnnc2c1. The van der Waals surface area contributed by atoms with Crippen LogP contribution < -0.4 is 10.6 Å². The topological polar surface area (TPSA) is 122 Å². The molecule has 0 aliphatic carbocycles. The number of benzene rings is 1. The van der Waals surface area contributed by atoms with Crippen LogP contribution in [0.3, 0.4) is 0 Å². The van der Waals surface area contributed by atoms with Crippen LogP contribution in [0.1, 0.15) is 33.6 Å². The zero-order chi connectivity index (χ0) is 19.3. The molecule has 2 aliphatic heterocycles. The van der Waals surface area contributed by atoms with E-state index in [0.29, 0.717) is 41.1 Å². The lowest BCUT2D eigenvalue weighted by Gasteiger charge is -2.20. The number of carbonyl (C=O) groups excluding carboxylic acids is 3. The molecule has 1 atom stereocenters. The molecule has 0 unspecified atom stereocenters. The maximum absolute atomic E-state index is 12.9. The summed E-state index contributed by atoms with van der Waals surface area (Å²) in [5.41, 5.74) is 2.12. The number of pyridine rings is 1. The fraction of sp³-hybridized carbons (Fsp3) is 0.222. The summed E-state index contributed by atoms with van der Waals surface area (Å²) in [6.45, 7) is 0.555. The lowest BCUT2D eigenvalue weighted by atomic mass is 10.1. The molecule has 5 rings (SSSR count). The van der Waals surface area contributed by atoms with Crippen LogP contribution in [-0.4, -0.2) is 55.2 Å². The molecule has 0 bridgehead atoms. The van der Waals surface area contributed by atoms with Crippen molar-refractivity contribution in [2.24, 2.45) is 0 Å². The van der Waals surface area contributed by atoms with E-state index in [0.717, 1.165) is 6.42 Å². The Balaban J connectivity index is 1.44. The van der Waals surface area contributed by atoms with Crippen molar-refractivity contribution >= 4 is 34.7 Å². The molecule has 3 amide bonds. The number of rotatable bonds is 2. The summed E-state index contributed by atoms with van der Waals surface area (Å²) in [7, 11) is 0. The second kappa shape index (κ2) is 6.12. The Bertz CT molecular complexity index is 1140. The van der Waals surface area contributed by atoms with Crippen molar-refractivity contribution in [2.75, 3.05) is 17.2 Å². The van der Waals surface area contributed by atoms with Crippen LogP contribution in [0.15, 0.2) is 36.5 Å². The summed E-state index contributed by atoms with van der Waals surface area (Å²) >= 11 is 0. The highest BCUT2D eigenvalue weighted by atomic mass is 16.2. The van der Waals surface area contributed by atoms with Gasteiger partial charge in [-0.25, -0.2) is 4.52 Å². The molecule has 28 heavy (non-hydrogen) atoms. The Kier molecular flexibility index (Phi) is 3.57. The van der Waals surface area contributed by atoms with E-state index < -0.39 is 6.04 Å². The first-order valence-electron chi connectivity index (χ1n) is 8.85. The Morgan fingerprint density at radius 2 is 2.11 bits per heavy atom. The lowest BCUT2D eigenvalue weighted by molar-refractivity contribution is -0.119. The van der Waals surface area contributed by atoms with E-state index in [-0.39, 0.29) is 17.7 Å². The molecule has 2 aliphatic rings. The van der Waals surface area contributed by atoms with Crippen molar-refractivity contribution in [1.29, 1.82) is 0 Å². The first kappa shape index (κ1) is 16.4. The van der Waals surface area contributed by atoms with Crippen LogP contribution in [-0.2, 0) is 4.79 Å². The number of fused-ring (bicyclic) bond motifs is 3. The summed E-state index contributed by atoms with van der Waals surface area (Å²) in [5, 5.41) is 16.7. The number of nitrogens with one attached hydrogen (secondary N) is 2. The molecule has 0 saturated carbocycles. The molecule has 4 heterocycles. The molecule has 2 N–H and O–H groups in total. The third kappa shape index (κ3) is 2.57. The molecular weight excluding hydrogens is 362 g/mol. The van der Waals surface area contributed by atoms with Gasteiger partial charge in [0.15, 0.2) is 5.65 Å². The monoisotopic (exact) mass is 377 g/mol. The maximum Gasteiger partial charge on any atom is 0.256 e. The van der Waals surface area contributed by atoms with Crippen molar-refractivity contribution in [1.82, 2.24) is 24.9 Å². The minimum absolute atomic E-state index is 0.170. The summed E-state index contributed by atoms with van der Waals surface area (Å²) in [4.78, 5) is 39.4. The van der Waals surface area contributed by atoms with E-state index in [4.69, 9.17) is 0 Å². The van der Waals surface area contributed by atoms with Gasteiger partial charge in [0.1, 0.15) is 6.04 Å². The fourth-order valence-corrected chi connectivity index (χ4v) is 3.65. The Morgan fingerprint density at radius 3 is 3.00 bits per heavy atom. The van der Waals surface area contributed by atoms with Crippen LogP contribution in [0.25, 0.3) is 5.65 Å². The highest BCUT2D eigenvalue weighted by molar-refractivity contribution is 6.11. The second-order valence-corrected chi connectivity index (χ2v) is 6.76. The second-order valence-electron chi connectivity index (χ2n) is 6.76. The Morgan fingerprint density at radius 1 is 1.21 bits per heavy atom. The van der Waals surface area contributed by atoms with Crippen molar-refractivity contribution in [3.05, 3.63) is 47.7 Å². The largest absolute Gasteiger partial charge is 0.327 e. The molecule has 10 heteroatoms. The average Bonchev–Trinajstić information content (AvgIpc) is 3.35. The Labute approximate surface area is 158 Å². The number of hydrogen-bond donors (Lipinski definition) is 2. The first-order valence-corrected chi connectivity index (χ1v) is 8.85. The number of nitrogens with zero attached hydrogens (tertiary/aromatic N) is 5. The molecule has 3 aromatic rings. The molecular formula is C18H15N7O3. The van der Waals surface area contributed by atoms with E-state index in [2.05, 4.69) is 26.2 Å². The van der Waals surface area contributed by atoms with Gasteiger partial charge in [-0.05, 0) is 53.6 Å². The van der Waals surface area contributed by atoms with Gasteiger partial charge in [-0.15, -0.1) is 5.10 Å². The standard InChI is InChI=1S/C18H15N7O3/c26-16(10-5-7-25-15(8-10)21-22-23-25)19-11-3-4-13-12(9-11)18(28)24-6-1-2-14(24)17(27)20-13/h3-5,7-9,14H,1-2,6H2,(H,19,26)(H,20,27)/t14-/m1/s1. The molecule has 10 nitrogen and oxygen atoms in total. The van der Waals surface area contributed by atoms with Gasteiger partial charge in [0.05, 0.1) is 11.3 Å². The third-order valence-corrected chi connectivity index (χ3v) is 5.04. The number of amides is 3. The Hall–Kier alpha value is -3.82. The predicted octanol–water partition coefficient (Wildman–Crippen LogP) is 0.933. The minimum Gasteiger partial charge on any atom is -0.327 e. The van der Waals surface area contributed by atoms with E-state index in [1.165, 1.54) is 4.52 Å². The van der Waals surface area contributed by atoms with E-state index in [1.54, 1.807) is 41.4 Å². The number of anilines is 2. The van der Waals surface area contributed by atoms with E-state index >= 15 is 0 Å². The molecule has 1 aromatic carbocycles. The summed E-state index contributed by atoms with van der Waals surface area (Å²) < 4.78 is 1.45. The zero-order valence-corrected chi connectivity index (χ0v) is 14.6. The van der Waals surface area contributed by atoms with Gasteiger partial charge in [0.25, 0.3) is 11.8 Å². The van der Waals surface area contributed by atoms with Gasteiger partial charge in [-0.3, -0.25) is 14.4 Å². The highest BCUT2D eigenvalue weighted by Crippen LogP contribution is 2.30. The van der Waals surface area contributed by atoms with Crippen LogP contribution in [0.5, 0.6) is 0 Å². The minimum atomic E-state index is -0.429. The maximum atomic E-state index is 12.9. The fourth-order valence-electron chi connectivity index (χ4n) is 3.65. The van der Waals surface area contributed by atoms with Gasteiger partial charge in [0.2, 0.25) is 5.91 Å². The molecule has 140 valence electrons. The van der Waals surface area contributed by atoms with Crippen LogP contribution in [0, 0.1) is 0 Å². The van der Waals surface area contributed by atoms with Crippen LogP contribution in [0.2, 0.25) is 0 Å². The normalized spacial score (nSPS) is 18.4. The summed E-state index contributed by atoms with van der Waals surface area (Å²) in [5.74, 6) is -0.728. The molecule has 1 saturated heterocycles. The third-order valence-electron chi connectivity index (χ3n) is 5.04. The average molecular weight is 377 g/mol. The molecule has 0 spiro atoms. The van der Waals surface area contributed by atoms with Crippen molar-refractivity contribution in [3.8, 4) is 0 Å². The summed E-state index contributed by atoms with van der Waals surface area (Å²) in [6.07, 6.45) is 3.05. The first-order chi connectivity index (χ1) is 13.6. The van der Waals surface area contributed by atoms with Crippen molar-refractivity contribution < 1.29 is 14.4 Å². The number of hydrogen-bond acceptors (Lipinski definition) is 6. The number of carbonyl (C=O) groups is 3. The number of tetrazole rings is 1. The van der Waals surface area contributed by atoms with E-state index in [1.807, 2.05) is 0 Å². The molecule has 2 aromatic heterocycles. The smallest absolute Gasteiger partial charge is 0.256 e. The zero-order valence-electron chi connectivity index (χ0n) is 14.6. The number of aromatic nitrogens is 4. The van der Waals surface area contributed by atoms with Crippen molar-refractivity contribution in [3.63, 3.8) is 0 Å². The van der Waals surface area contributed by atoms with E-state index in [9.17, 15) is 14.4 Å². The van der Waals surface area contributed by atoms with Crippen LogP contribution in [0.4, 0.5) is 11.4 Å². The molecule has 0 radical (unpaired) electrons. The van der Waals surface area contributed by atoms with Crippen LogP contribution >= 0.6 is 0 Å². The predicted molar refractivity (Wildman–Crippen MR) is 97.9 cm³/mol. The summed E-state index contributed by atoms with van der Waals surface area (Å²) in [6, 6.07) is 7.61. The highest BCUT2D eigenvalue weighted by Gasteiger charge is 2.38. The van der Waals surface area contributed by atoms with Gasteiger partial charge >= 0.3 is 0 Å². The van der Waals surface area contributed by atoms with Gasteiger partial charge in [0, 0.05) is 24.0 Å². The van der Waals surface area contributed by atoms with Gasteiger partial charge in [-0.1, -0.05) is 0 Å².